The van der Waals surface area contributed by atoms with Crippen LogP contribution in [0.3, 0.4) is 0 Å². The van der Waals surface area contributed by atoms with E-state index in [0.717, 1.165) is 46.4 Å². The molecule has 3 aromatic carbocycles. The zero-order valence-corrected chi connectivity index (χ0v) is 21.8. The number of aliphatic hydroxyl groups is 1. The minimum absolute atomic E-state index is 0.0128. The first-order chi connectivity index (χ1) is 18.4. The van der Waals surface area contributed by atoms with Crippen molar-refractivity contribution in [2.24, 2.45) is 0 Å². The summed E-state index contributed by atoms with van der Waals surface area (Å²) in [5.74, 6) is 1.27. The van der Waals surface area contributed by atoms with Crippen LogP contribution in [0, 0.1) is 13.8 Å². The standard InChI is InChI=1S/C31H34O7/c1-19-10-27(37-18-26-7-6-24(32)17-36-26)11-20(2)31(19)22-5-3-4-21(12-22)15-35-25-8-9-28-23(13-30(33)34)16-38-29(28)14-25/h3-5,8-12,14,23-24,26,32H,6-7,13,15-18H2,1-2H3,(H,33,34)/t23?,24?,26-/m1/s1. The third-order valence-corrected chi connectivity index (χ3v) is 7.20. The summed E-state index contributed by atoms with van der Waals surface area (Å²) >= 11 is 0. The molecule has 2 heterocycles. The van der Waals surface area contributed by atoms with Gasteiger partial charge in [-0.05, 0) is 78.8 Å². The smallest absolute Gasteiger partial charge is 0.304 e. The number of aliphatic hydroxyl groups excluding tert-OH is 1. The Kier molecular flexibility index (Phi) is 7.86. The Bertz CT molecular complexity index is 1270. The number of fused-ring (bicyclic) bond motifs is 1. The van der Waals surface area contributed by atoms with E-state index in [1.807, 2.05) is 30.3 Å². The first-order valence-corrected chi connectivity index (χ1v) is 13.1. The van der Waals surface area contributed by atoms with Crippen LogP contribution in [0.1, 0.15) is 47.4 Å². The van der Waals surface area contributed by atoms with E-state index < -0.39 is 5.97 Å². The number of carboxylic acids is 1. The number of ether oxygens (including phenoxy) is 4. The molecule has 2 aliphatic rings. The molecule has 1 fully saturated rings. The van der Waals surface area contributed by atoms with Crippen molar-refractivity contribution < 1.29 is 34.0 Å². The van der Waals surface area contributed by atoms with Crippen molar-refractivity contribution in [1.82, 2.24) is 0 Å². The molecule has 0 saturated carbocycles. The van der Waals surface area contributed by atoms with Crippen molar-refractivity contribution in [3.8, 4) is 28.4 Å². The van der Waals surface area contributed by atoms with Crippen LogP contribution in [0.2, 0.25) is 0 Å². The summed E-state index contributed by atoms with van der Waals surface area (Å²) in [6.07, 6.45) is 1.26. The maximum absolute atomic E-state index is 11.1. The quantitative estimate of drug-likeness (QED) is 0.391. The summed E-state index contributed by atoms with van der Waals surface area (Å²) in [7, 11) is 0. The summed E-state index contributed by atoms with van der Waals surface area (Å²) in [6, 6.07) is 18.1. The van der Waals surface area contributed by atoms with E-state index in [1.54, 1.807) is 0 Å². The number of carboxylic acid groups (broad SMARTS) is 1. The van der Waals surface area contributed by atoms with Crippen LogP contribution in [0.25, 0.3) is 11.1 Å². The number of hydrogen-bond donors (Lipinski definition) is 2. The van der Waals surface area contributed by atoms with Gasteiger partial charge in [0.25, 0.3) is 0 Å². The van der Waals surface area contributed by atoms with Gasteiger partial charge in [0, 0.05) is 17.5 Å². The summed E-state index contributed by atoms with van der Waals surface area (Å²) in [5, 5.41) is 18.7. The maximum atomic E-state index is 11.1. The van der Waals surface area contributed by atoms with Gasteiger partial charge in [-0.1, -0.05) is 24.3 Å². The van der Waals surface area contributed by atoms with Crippen molar-refractivity contribution in [1.29, 1.82) is 0 Å². The molecule has 0 radical (unpaired) electrons. The number of hydrogen-bond acceptors (Lipinski definition) is 6. The number of aryl methyl sites for hydroxylation is 2. The van der Waals surface area contributed by atoms with E-state index in [-0.39, 0.29) is 24.5 Å². The van der Waals surface area contributed by atoms with E-state index in [2.05, 4.69) is 38.1 Å². The zero-order valence-electron chi connectivity index (χ0n) is 21.8. The van der Waals surface area contributed by atoms with Crippen LogP contribution in [0.4, 0.5) is 0 Å². The second-order valence-corrected chi connectivity index (χ2v) is 10.2. The van der Waals surface area contributed by atoms with E-state index in [0.29, 0.717) is 37.9 Å². The zero-order chi connectivity index (χ0) is 26.6. The van der Waals surface area contributed by atoms with Crippen LogP contribution in [-0.4, -0.2) is 48.2 Å². The highest BCUT2D eigenvalue weighted by molar-refractivity contribution is 5.72. The largest absolute Gasteiger partial charge is 0.492 e. The summed E-state index contributed by atoms with van der Waals surface area (Å²) in [6.45, 7) is 5.82. The molecule has 0 amide bonds. The normalized spacial score (nSPS) is 20.4. The fourth-order valence-corrected chi connectivity index (χ4v) is 5.29. The van der Waals surface area contributed by atoms with E-state index in [9.17, 15) is 9.90 Å². The van der Waals surface area contributed by atoms with E-state index >= 15 is 0 Å². The van der Waals surface area contributed by atoms with Crippen molar-refractivity contribution in [3.05, 3.63) is 76.9 Å². The molecule has 0 spiro atoms. The van der Waals surface area contributed by atoms with Gasteiger partial charge in [0.1, 0.15) is 30.5 Å². The Morgan fingerprint density at radius 2 is 1.79 bits per heavy atom. The summed E-state index contributed by atoms with van der Waals surface area (Å²) in [4.78, 5) is 11.1. The molecule has 38 heavy (non-hydrogen) atoms. The molecule has 0 aromatic heterocycles. The molecule has 3 atom stereocenters. The third-order valence-electron chi connectivity index (χ3n) is 7.20. The van der Waals surface area contributed by atoms with Crippen LogP contribution in [0.15, 0.2) is 54.6 Å². The molecular formula is C31H34O7. The molecule has 2 N–H and O–H groups in total. The molecule has 7 heteroatoms. The van der Waals surface area contributed by atoms with E-state index in [4.69, 9.17) is 24.1 Å². The van der Waals surface area contributed by atoms with Gasteiger partial charge < -0.3 is 29.2 Å². The molecule has 0 bridgehead atoms. The average molecular weight is 519 g/mol. The number of benzene rings is 3. The van der Waals surface area contributed by atoms with Gasteiger partial charge in [-0.25, -0.2) is 0 Å². The lowest BCUT2D eigenvalue weighted by atomic mass is 9.94. The molecule has 3 aromatic rings. The Morgan fingerprint density at radius 1 is 0.974 bits per heavy atom. The minimum Gasteiger partial charge on any atom is -0.492 e. The van der Waals surface area contributed by atoms with Gasteiger partial charge >= 0.3 is 5.97 Å². The van der Waals surface area contributed by atoms with Crippen LogP contribution < -0.4 is 14.2 Å². The van der Waals surface area contributed by atoms with Crippen molar-refractivity contribution in [2.75, 3.05) is 19.8 Å². The molecule has 7 nitrogen and oxygen atoms in total. The lowest BCUT2D eigenvalue weighted by molar-refractivity contribution is -0.137. The molecule has 2 unspecified atom stereocenters. The number of aliphatic carboxylic acids is 1. The van der Waals surface area contributed by atoms with Gasteiger partial charge in [-0.15, -0.1) is 0 Å². The first-order valence-electron chi connectivity index (χ1n) is 13.1. The highest BCUT2D eigenvalue weighted by Crippen LogP contribution is 2.38. The second-order valence-electron chi connectivity index (χ2n) is 10.2. The fraction of sp³-hybridized carbons (Fsp3) is 0.387. The van der Waals surface area contributed by atoms with Gasteiger partial charge in [0.05, 0.1) is 31.8 Å². The monoisotopic (exact) mass is 518 g/mol. The van der Waals surface area contributed by atoms with Crippen molar-refractivity contribution >= 4 is 5.97 Å². The summed E-state index contributed by atoms with van der Waals surface area (Å²) in [5.41, 5.74) is 6.51. The van der Waals surface area contributed by atoms with E-state index in [1.165, 1.54) is 5.56 Å². The highest BCUT2D eigenvalue weighted by Gasteiger charge is 2.26. The molecule has 1 saturated heterocycles. The van der Waals surface area contributed by atoms with Gasteiger partial charge in [0.2, 0.25) is 0 Å². The van der Waals surface area contributed by atoms with Crippen molar-refractivity contribution in [3.63, 3.8) is 0 Å². The SMILES string of the molecule is Cc1cc(OC[C@H]2CCC(O)CO2)cc(C)c1-c1cccc(COc2ccc3c(c2)OCC3CC(=O)O)c1. The molecule has 5 rings (SSSR count). The van der Waals surface area contributed by atoms with Crippen LogP contribution in [0.5, 0.6) is 17.2 Å². The Labute approximate surface area is 222 Å². The third kappa shape index (κ3) is 6.11. The maximum Gasteiger partial charge on any atom is 0.304 e. The van der Waals surface area contributed by atoms with Crippen LogP contribution in [-0.2, 0) is 16.1 Å². The lowest BCUT2D eigenvalue weighted by Crippen LogP contribution is -2.33. The molecule has 2 aliphatic heterocycles. The van der Waals surface area contributed by atoms with Gasteiger partial charge in [0.15, 0.2) is 0 Å². The summed E-state index contributed by atoms with van der Waals surface area (Å²) < 4.78 is 23.5. The Balaban J connectivity index is 1.23. The molecule has 0 aliphatic carbocycles. The molecule has 200 valence electrons. The molecular weight excluding hydrogens is 484 g/mol. The predicted octanol–water partition coefficient (Wildman–Crippen LogP) is 5.42. The van der Waals surface area contributed by atoms with Crippen LogP contribution >= 0.6 is 0 Å². The van der Waals surface area contributed by atoms with Gasteiger partial charge in [-0.2, -0.15) is 0 Å². The van der Waals surface area contributed by atoms with Gasteiger partial charge in [-0.3, -0.25) is 4.79 Å². The minimum atomic E-state index is -0.824. The fourth-order valence-electron chi connectivity index (χ4n) is 5.29. The average Bonchev–Trinajstić information content (AvgIpc) is 3.28. The topological polar surface area (TPSA) is 94.5 Å². The predicted molar refractivity (Wildman–Crippen MR) is 143 cm³/mol. The highest BCUT2D eigenvalue weighted by atomic mass is 16.5. The van der Waals surface area contributed by atoms with Crippen molar-refractivity contribution in [2.45, 2.75) is 57.8 Å². The Hall–Kier alpha value is -3.55. The lowest BCUT2D eigenvalue weighted by Gasteiger charge is -2.26. The Morgan fingerprint density at radius 3 is 2.53 bits per heavy atom. The first kappa shape index (κ1) is 26.1. The number of carbonyl (C=O) groups is 1. The number of rotatable bonds is 9. The second kappa shape index (κ2) is 11.5.